The zero-order chi connectivity index (χ0) is 15.2. The van der Waals surface area contributed by atoms with Gasteiger partial charge in [-0.2, -0.15) is 8.78 Å². The molecule has 112 valence electrons. The first-order valence-electron chi connectivity index (χ1n) is 6.59. The van der Waals surface area contributed by atoms with Crippen molar-refractivity contribution >= 4 is 5.69 Å². The average molecular weight is 293 g/mol. The fourth-order valence-electron chi connectivity index (χ4n) is 2.06. The minimum Gasteiger partial charge on any atom is -0.435 e. The van der Waals surface area contributed by atoms with Gasteiger partial charge in [0, 0.05) is 17.8 Å². The molecular weight excluding hydrogens is 276 g/mol. The van der Waals surface area contributed by atoms with Crippen LogP contribution in [0.25, 0.3) is 0 Å². The Bertz CT molecular complexity index is 590. The third kappa shape index (κ3) is 4.43. The van der Waals surface area contributed by atoms with Crippen LogP contribution in [-0.4, -0.2) is 11.7 Å². The second-order valence-electron chi connectivity index (χ2n) is 4.68. The molecule has 21 heavy (non-hydrogen) atoms. The monoisotopic (exact) mass is 293 g/mol. The molecule has 3 nitrogen and oxygen atoms in total. The fraction of sp³-hybridized carbons (Fsp3) is 0.250. The number of aliphatic hydroxyl groups is 1. The summed E-state index contributed by atoms with van der Waals surface area (Å²) in [4.78, 5) is 0. The number of aliphatic hydroxyl groups excluding tert-OH is 1. The number of ether oxygens (including phenoxy) is 1. The molecule has 5 heteroatoms. The quantitative estimate of drug-likeness (QED) is 0.847. The van der Waals surface area contributed by atoms with Crippen molar-refractivity contribution in [1.29, 1.82) is 0 Å². The minimum atomic E-state index is -2.83. The predicted molar refractivity (Wildman–Crippen MR) is 77.5 cm³/mol. The molecule has 0 aromatic heterocycles. The van der Waals surface area contributed by atoms with E-state index in [-0.39, 0.29) is 18.4 Å². The normalized spacial score (nSPS) is 12.2. The molecule has 0 aliphatic rings. The Morgan fingerprint density at radius 3 is 2.62 bits per heavy atom. The molecule has 0 heterocycles. The van der Waals surface area contributed by atoms with Crippen LogP contribution in [0.15, 0.2) is 48.5 Å². The van der Waals surface area contributed by atoms with Crippen LogP contribution in [-0.2, 0) is 6.61 Å². The number of anilines is 1. The molecule has 0 amide bonds. The lowest BCUT2D eigenvalue weighted by Crippen LogP contribution is -2.08. The standard InChI is InChI=1S/C16H17F2NO2/c1-11(13-5-2-4-12(8-13)10-20)19-14-6-3-7-15(9-14)21-16(17)18/h2-9,11,16,19-20H,10H2,1H3. The Morgan fingerprint density at radius 1 is 1.14 bits per heavy atom. The van der Waals surface area contributed by atoms with E-state index in [4.69, 9.17) is 5.11 Å². The van der Waals surface area contributed by atoms with Gasteiger partial charge in [-0.15, -0.1) is 0 Å². The number of hydrogen-bond acceptors (Lipinski definition) is 3. The largest absolute Gasteiger partial charge is 0.435 e. The molecule has 0 radical (unpaired) electrons. The fourth-order valence-corrected chi connectivity index (χ4v) is 2.06. The lowest BCUT2D eigenvalue weighted by atomic mass is 10.1. The maximum absolute atomic E-state index is 12.2. The summed E-state index contributed by atoms with van der Waals surface area (Å²) in [7, 11) is 0. The Kier molecular flexibility index (Phi) is 5.11. The highest BCUT2D eigenvalue weighted by Gasteiger charge is 2.08. The van der Waals surface area contributed by atoms with Crippen LogP contribution in [0.2, 0.25) is 0 Å². The lowest BCUT2D eigenvalue weighted by Gasteiger charge is -2.17. The first-order valence-corrected chi connectivity index (χ1v) is 6.59. The summed E-state index contributed by atoms with van der Waals surface area (Å²) in [5, 5.41) is 12.4. The molecule has 2 N–H and O–H groups in total. The van der Waals surface area contributed by atoms with Gasteiger partial charge in [0.2, 0.25) is 0 Å². The van der Waals surface area contributed by atoms with Gasteiger partial charge in [0.1, 0.15) is 5.75 Å². The molecule has 0 bridgehead atoms. The van der Waals surface area contributed by atoms with E-state index in [1.54, 1.807) is 12.1 Å². The third-order valence-electron chi connectivity index (χ3n) is 3.08. The Balaban J connectivity index is 2.09. The van der Waals surface area contributed by atoms with Crippen molar-refractivity contribution < 1.29 is 18.6 Å². The summed E-state index contributed by atoms with van der Waals surface area (Å²) in [6.45, 7) is -0.894. The maximum Gasteiger partial charge on any atom is 0.387 e. The number of hydrogen-bond donors (Lipinski definition) is 2. The van der Waals surface area contributed by atoms with Crippen molar-refractivity contribution in [2.75, 3.05) is 5.32 Å². The highest BCUT2D eigenvalue weighted by atomic mass is 19.3. The summed E-state index contributed by atoms with van der Waals surface area (Å²) in [5.74, 6) is 0.117. The van der Waals surface area contributed by atoms with E-state index in [2.05, 4.69) is 10.1 Å². The number of nitrogens with one attached hydrogen (secondary N) is 1. The van der Waals surface area contributed by atoms with Crippen LogP contribution >= 0.6 is 0 Å². The highest BCUT2D eigenvalue weighted by molar-refractivity contribution is 5.50. The SMILES string of the molecule is CC(Nc1cccc(OC(F)F)c1)c1cccc(CO)c1. The number of rotatable bonds is 6. The van der Waals surface area contributed by atoms with Gasteiger partial charge in [0.05, 0.1) is 6.61 Å². The van der Waals surface area contributed by atoms with Gasteiger partial charge >= 0.3 is 6.61 Å². The van der Waals surface area contributed by atoms with Crippen molar-refractivity contribution in [2.45, 2.75) is 26.2 Å². The van der Waals surface area contributed by atoms with E-state index in [1.165, 1.54) is 12.1 Å². The van der Waals surface area contributed by atoms with Gasteiger partial charge in [-0.1, -0.05) is 30.3 Å². The van der Waals surface area contributed by atoms with Gasteiger partial charge in [-0.25, -0.2) is 0 Å². The lowest BCUT2D eigenvalue weighted by molar-refractivity contribution is -0.0498. The Labute approximate surface area is 122 Å². The minimum absolute atomic E-state index is 0.0156. The predicted octanol–water partition coefficient (Wildman–Crippen LogP) is 3.95. The van der Waals surface area contributed by atoms with Crippen LogP contribution in [0.4, 0.5) is 14.5 Å². The zero-order valence-corrected chi connectivity index (χ0v) is 11.6. The van der Waals surface area contributed by atoms with E-state index in [0.717, 1.165) is 11.1 Å². The van der Waals surface area contributed by atoms with Gasteiger partial charge in [-0.3, -0.25) is 0 Å². The van der Waals surface area contributed by atoms with E-state index in [9.17, 15) is 8.78 Å². The molecule has 0 fully saturated rings. The smallest absolute Gasteiger partial charge is 0.387 e. The van der Waals surface area contributed by atoms with E-state index in [0.29, 0.717) is 5.69 Å². The first kappa shape index (κ1) is 15.3. The van der Waals surface area contributed by atoms with Gasteiger partial charge < -0.3 is 15.2 Å². The topological polar surface area (TPSA) is 41.5 Å². The van der Waals surface area contributed by atoms with Crippen molar-refractivity contribution in [3.63, 3.8) is 0 Å². The van der Waals surface area contributed by atoms with Crippen LogP contribution in [0.5, 0.6) is 5.75 Å². The van der Waals surface area contributed by atoms with Crippen molar-refractivity contribution in [1.82, 2.24) is 0 Å². The summed E-state index contributed by atoms with van der Waals surface area (Å²) in [5.41, 5.74) is 2.52. The number of alkyl halides is 2. The van der Waals surface area contributed by atoms with E-state index in [1.807, 2.05) is 31.2 Å². The van der Waals surface area contributed by atoms with Crippen LogP contribution < -0.4 is 10.1 Å². The van der Waals surface area contributed by atoms with Crippen molar-refractivity contribution in [2.24, 2.45) is 0 Å². The third-order valence-corrected chi connectivity index (χ3v) is 3.08. The molecule has 1 atom stereocenters. The molecule has 2 rings (SSSR count). The number of benzene rings is 2. The maximum atomic E-state index is 12.2. The molecule has 0 aliphatic heterocycles. The summed E-state index contributed by atoms with van der Waals surface area (Å²) < 4.78 is 28.8. The van der Waals surface area contributed by atoms with Crippen LogP contribution in [0.3, 0.4) is 0 Å². The molecular formula is C16H17F2NO2. The summed E-state index contributed by atoms with van der Waals surface area (Å²) >= 11 is 0. The highest BCUT2D eigenvalue weighted by Crippen LogP contribution is 2.24. The molecule has 0 aliphatic carbocycles. The first-order chi connectivity index (χ1) is 10.1. The Morgan fingerprint density at radius 2 is 1.90 bits per heavy atom. The van der Waals surface area contributed by atoms with Crippen molar-refractivity contribution in [3.05, 3.63) is 59.7 Å². The van der Waals surface area contributed by atoms with Crippen molar-refractivity contribution in [3.8, 4) is 5.75 Å². The second-order valence-corrected chi connectivity index (χ2v) is 4.68. The zero-order valence-electron chi connectivity index (χ0n) is 11.6. The van der Waals surface area contributed by atoms with Gasteiger partial charge in [-0.05, 0) is 30.2 Å². The summed E-state index contributed by atoms with van der Waals surface area (Å²) in [6.07, 6.45) is 0. The van der Waals surface area contributed by atoms with Crippen LogP contribution in [0, 0.1) is 0 Å². The molecule has 2 aromatic carbocycles. The molecule has 2 aromatic rings. The second kappa shape index (κ2) is 7.04. The van der Waals surface area contributed by atoms with Gasteiger partial charge in [0.25, 0.3) is 0 Å². The van der Waals surface area contributed by atoms with Gasteiger partial charge in [0.15, 0.2) is 0 Å². The molecule has 0 saturated carbocycles. The molecule has 0 saturated heterocycles. The molecule has 0 spiro atoms. The summed E-state index contributed by atoms with van der Waals surface area (Å²) in [6, 6.07) is 14.0. The molecule has 1 unspecified atom stereocenters. The Hall–Kier alpha value is -2.14. The van der Waals surface area contributed by atoms with E-state index >= 15 is 0 Å². The average Bonchev–Trinajstić information content (AvgIpc) is 2.47. The van der Waals surface area contributed by atoms with Crippen LogP contribution in [0.1, 0.15) is 24.1 Å². The number of halogens is 2. The van der Waals surface area contributed by atoms with E-state index < -0.39 is 6.61 Å².